The number of rotatable bonds is 18. The molecule has 0 aromatic heterocycles. The average Bonchev–Trinajstić information content (AvgIpc) is 3.03. The highest BCUT2D eigenvalue weighted by Crippen LogP contribution is 2.71. The Balaban J connectivity index is 2.02. The Morgan fingerprint density at radius 2 is 0.936 bits per heavy atom. The number of unbranched alkanes of at least 4 members (excludes halogenated alkanes) is 8. The molecule has 47 heavy (non-hydrogen) atoms. The van der Waals surface area contributed by atoms with Gasteiger partial charge in [0.1, 0.15) is 0 Å². The number of alkyl halides is 9. The predicted octanol–water partition coefficient (Wildman–Crippen LogP) is 11.7. The normalized spacial score (nSPS) is 13.9. The quantitative estimate of drug-likeness (QED) is 0.0972. The standard InChI is InChI=1S/C33H37F9O3S2/c1-2-3-4-5-6-7-8-9-12-17-26-22-24-29(25-23-26)46(27-18-13-10-14-19-27,28-20-15-11-16-21-28)45-47(43,44)33(41,42)31(36,37)30(34,35)32(38,39)40/h10-11,13-16,18-25H,2-9,12,17H2,1H3. The SMILES string of the molecule is CCCCCCCCCCCc1ccc(S(OS(=O)(=O)C(F)(F)C(F)(F)C(F)(F)C(F)(F)F)(c2ccccc2)c2ccccc2)cc1. The lowest BCUT2D eigenvalue weighted by atomic mass is 10.0. The number of hydrogen-bond donors (Lipinski definition) is 0. The molecule has 0 bridgehead atoms. The van der Waals surface area contributed by atoms with E-state index in [2.05, 4.69) is 6.92 Å². The first kappa shape index (κ1) is 38.7. The van der Waals surface area contributed by atoms with Gasteiger partial charge in [-0.3, -0.25) is 0 Å². The molecule has 0 aliphatic carbocycles. The number of halogens is 9. The van der Waals surface area contributed by atoms with E-state index in [9.17, 15) is 39.2 Å². The number of hydrogen-bond acceptors (Lipinski definition) is 3. The third kappa shape index (κ3) is 8.30. The molecule has 0 radical (unpaired) electrons. The fourth-order valence-electron chi connectivity index (χ4n) is 4.93. The van der Waals surface area contributed by atoms with Crippen LogP contribution in [-0.2, 0) is 20.2 Å². The van der Waals surface area contributed by atoms with Crippen LogP contribution in [0, 0.1) is 0 Å². The van der Waals surface area contributed by atoms with Gasteiger partial charge in [-0.05, 0) is 65.1 Å². The van der Waals surface area contributed by atoms with Crippen LogP contribution in [0.4, 0.5) is 39.5 Å². The van der Waals surface area contributed by atoms with Gasteiger partial charge in [0.15, 0.2) is 0 Å². The van der Waals surface area contributed by atoms with E-state index in [1.807, 2.05) is 0 Å². The van der Waals surface area contributed by atoms with Crippen LogP contribution in [0.25, 0.3) is 0 Å². The highest BCUT2D eigenvalue weighted by Gasteiger charge is 2.86. The van der Waals surface area contributed by atoms with Crippen molar-refractivity contribution < 1.29 is 51.6 Å². The summed E-state index contributed by atoms with van der Waals surface area (Å²) in [6.07, 6.45) is 3.27. The third-order valence-corrected chi connectivity index (χ3v) is 12.8. The Morgan fingerprint density at radius 1 is 0.532 bits per heavy atom. The van der Waals surface area contributed by atoms with Crippen LogP contribution in [0.2, 0.25) is 0 Å². The van der Waals surface area contributed by atoms with E-state index in [0.29, 0.717) is 6.42 Å². The smallest absolute Gasteiger partial charge is 0.202 e. The summed E-state index contributed by atoms with van der Waals surface area (Å²) in [6, 6.07) is 19.4. The highest BCUT2D eigenvalue weighted by molar-refractivity contribution is 8.33. The first-order valence-electron chi connectivity index (χ1n) is 15.1. The molecule has 0 aliphatic rings. The van der Waals surface area contributed by atoms with Crippen LogP contribution in [0.5, 0.6) is 0 Å². The molecule has 0 unspecified atom stereocenters. The fourth-order valence-corrected chi connectivity index (χ4v) is 10.2. The zero-order valence-electron chi connectivity index (χ0n) is 25.6. The summed E-state index contributed by atoms with van der Waals surface area (Å²) in [5.41, 5.74) is 0.788. The molecule has 3 nitrogen and oxygen atoms in total. The largest absolute Gasteiger partial charge is 0.460 e. The van der Waals surface area contributed by atoms with E-state index in [0.717, 1.165) is 37.7 Å². The lowest BCUT2D eigenvalue weighted by Gasteiger charge is -2.41. The minimum Gasteiger partial charge on any atom is -0.202 e. The maximum Gasteiger partial charge on any atom is 0.460 e. The van der Waals surface area contributed by atoms with Gasteiger partial charge in [0.2, 0.25) is 0 Å². The van der Waals surface area contributed by atoms with Gasteiger partial charge in [-0.15, -0.1) is 0 Å². The second-order valence-electron chi connectivity index (χ2n) is 11.1. The number of benzene rings is 3. The molecule has 0 atom stereocenters. The van der Waals surface area contributed by atoms with Gasteiger partial charge in [-0.1, -0.05) is 107 Å². The second kappa shape index (κ2) is 15.7. The first-order chi connectivity index (χ1) is 22.0. The minimum absolute atomic E-state index is 0.101. The van der Waals surface area contributed by atoms with Crippen LogP contribution in [0.3, 0.4) is 0 Å². The van der Waals surface area contributed by atoms with Gasteiger partial charge in [0.25, 0.3) is 0 Å². The highest BCUT2D eigenvalue weighted by atomic mass is 32.3. The van der Waals surface area contributed by atoms with Crippen LogP contribution < -0.4 is 0 Å². The topological polar surface area (TPSA) is 43.4 Å². The number of aryl methyl sites for hydroxylation is 1. The van der Waals surface area contributed by atoms with Crippen LogP contribution >= 0.6 is 10.3 Å². The molecule has 262 valence electrons. The summed E-state index contributed by atoms with van der Waals surface area (Å²) < 4.78 is 156. The van der Waals surface area contributed by atoms with E-state index in [-0.39, 0.29) is 14.7 Å². The Labute approximate surface area is 271 Å². The van der Waals surface area contributed by atoms with Crippen molar-refractivity contribution in [2.75, 3.05) is 0 Å². The Bertz CT molecular complexity index is 1460. The zero-order valence-corrected chi connectivity index (χ0v) is 27.2. The van der Waals surface area contributed by atoms with Gasteiger partial charge in [-0.25, -0.2) is 3.63 Å². The molecule has 0 aliphatic heterocycles. The molecule has 3 aromatic rings. The molecule has 0 N–H and O–H groups in total. The summed E-state index contributed by atoms with van der Waals surface area (Å²) >= 11 is 0. The lowest BCUT2D eigenvalue weighted by Crippen LogP contribution is -2.63. The molecule has 14 heteroatoms. The lowest BCUT2D eigenvalue weighted by molar-refractivity contribution is -0.382. The van der Waals surface area contributed by atoms with Gasteiger partial charge in [-0.2, -0.15) is 47.9 Å². The van der Waals surface area contributed by atoms with Crippen molar-refractivity contribution in [1.82, 2.24) is 0 Å². The minimum atomic E-state index is -7.44. The molecule has 0 heterocycles. The van der Waals surface area contributed by atoms with Crippen molar-refractivity contribution in [3.8, 4) is 0 Å². The Kier molecular flexibility index (Phi) is 12.9. The molecule has 3 rings (SSSR count). The van der Waals surface area contributed by atoms with Crippen LogP contribution in [0.15, 0.2) is 99.6 Å². The van der Waals surface area contributed by atoms with Crippen molar-refractivity contribution in [2.24, 2.45) is 0 Å². The molecule has 0 amide bonds. The van der Waals surface area contributed by atoms with Gasteiger partial charge in [0.05, 0.1) is 0 Å². The van der Waals surface area contributed by atoms with Crippen molar-refractivity contribution in [2.45, 2.75) is 109 Å². The summed E-state index contributed by atoms with van der Waals surface area (Å²) in [7, 11) is -11.2. The zero-order chi connectivity index (χ0) is 35.0. The van der Waals surface area contributed by atoms with E-state index in [1.165, 1.54) is 98.5 Å². The van der Waals surface area contributed by atoms with E-state index < -0.39 is 43.7 Å². The fraction of sp³-hybridized carbons (Fsp3) is 0.455. The second-order valence-corrected chi connectivity index (χ2v) is 15.6. The summed E-state index contributed by atoms with van der Waals surface area (Å²) in [5.74, 6) is -14.9. The van der Waals surface area contributed by atoms with Crippen molar-refractivity contribution in [1.29, 1.82) is 0 Å². The third-order valence-electron chi connectivity index (χ3n) is 7.60. The van der Waals surface area contributed by atoms with Gasteiger partial charge < -0.3 is 0 Å². The van der Waals surface area contributed by atoms with Crippen molar-refractivity contribution in [3.05, 3.63) is 90.5 Å². The summed E-state index contributed by atoms with van der Waals surface area (Å²) in [5, 5.41) is -7.02. The molecule has 0 spiro atoms. The monoisotopic (exact) mass is 716 g/mol. The molecular formula is C33H37F9O3S2. The summed E-state index contributed by atoms with van der Waals surface area (Å²) in [4.78, 5) is -0.345. The first-order valence-corrected chi connectivity index (χ1v) is 18.1. The molecule has 0 saturated heterocycles. The van der Waals surface area contributed by atoms with Crippen LogP contribution in [0.1, 0.15) is 70.3 Å². The summed E-state index contributed by atoms with van der Waals surface area (Å²) in [6.45, 7) is 2.15. The molecule has 0 saturated carbocycles. The Morgan fingerprint density at radius 3 is 1.36 bits per heavy atom. The van der Waals surface area contributed by atoms with Gasteiger partial charge in [0, 0.05) is 14.7 Å². The molecular weight excluding hydrogens is 679 g/mol. The van der Waals surface area contributed by atoms with E-state index in [4.69, 9.17) is 3.63 Å². The van der Waals surface area contributed by atoms with Crippen molar-refractivity contribution >= 4 is 20.4 Å². The average molecular weight is 717 g/mol. The molecule has 3 aromatic carbocycles. The maximum atomic E-state index is 15.0. The maximum absolute atomic E-state index is 15.0. The predicted molar refractivity (Wildman–Crippen MR) is 164 cm³/mol. The van der Waals surface area contributed by atoms with E-state index in [1.54, 1.807) is 12.1 Å². The van der Waals surface area contributed by atoms with Gasteiger partial charge >= 0.3 is 33.4 Å². The van der Waals surface area contributed by atoms with Crippen molar-refractivity contribution in [3.63, 3.8) is 0 Å². The Hall–Kier alpha value is -2.71. The van der Waals surface area contributed by atoms with E-state index >= 15 is 8.78 Å². The van der Waals surface area contributed by atoms with Crippen LogP contribution in [-0.4, -0.2) is 31.7 Å². The molecule has 0 fully saturated rings.